The molecule has 1 unspecified atom stereocenters. The number of rotatable bonds is 4. The minimum Gasteiger partial charge on any atom is -0.324 e. The molecule has 0 aliphatic rings. The van der Waals surface area contributed by atoms with Crippen molar-refractivity contribution in [3.05, 3.63) is 75.3 Å². The zero-order chi connectivity index (χ0) is 21.6. The molecule has 0 saturated carbocycles. The summed E-state index contributed by atoms with van der Waals surface area (Å²) in [5, 5.41) is 8.53. The van der Waals surface area contributed by atoms with E-state index in [0.717, 1.165) is 33.3 Å². The fourth-order valence-electron chi connectivity index (χ4n) is 4.10. The molecular weight excluding hydrogens is 376 g/mol. The number of nitrogens with zero attached hydrogens (tertiary/aromatic N) is 3. The van der Waals surface area contributed by atoms with E-state index in [0.29, 0.717) is 17.8 Å². The Labute approximate surface area is 175 Å². The zero-order valence-corrected chi connectivity index (χ0v) is 18.0. The van der Waals surface area contributed by atoms with Crippen LogP contribution in [0, 0.1) is 27.7 Å². The van der Waals surface area contributed by atoms with Crippen LogP contribution >= 0.6 is 0 Å². The highest BCUT2D eigenvalue weighted by Crippen LogP contribution is 2.23. The van der Waals surface area contributed by atoms with E-state index in [1.54, 1.807) is 0 Å². The van der Waals surface area contributed by atoms with Crippen molar-refractivity contribution >= 4 is 28.0 Å². The lowest BCUT2D eigenvalue weighted by Crippen LogP contribution is -2.36. The Balaban J connectivity index is 1.82. The van der Waals surface area contributed by atoms with Crippen molar-refractivity contribution in [2.45, 2.75) is 47.1 Å². The number of hydrogen-bond acceptors (Lipinski definition) is 3. The summed E-state index contributed by atoms with van der Waals surface area (Å²) in [6.07, 6.45) is 0.457. The molecule has 0 bridgehead atoms. The molecule has 30 heavy (non-hydrogen) atoms. The smallest absolute Gasteiger partial charge is 0.291 e. The standard InChI is InChI=1S/C24H26N4O2/c1-6-19(23(29)25-22-15(3)8-7-9-16(22)4)28-24(30)21-13-18-12-14(2)10-11-20(18)27(21)17(5)26-28/h7-13,19H,6H2,1-5H3,(H,25,29). The van der Waals surface area contributed by atoms with Gasteiger partial charge in [-0.05, 0) is 63.4 Å². The van der Waals surface area contributed by atoms with Gasteiger partial charge in [0, 0.05) is 11.1 Å². The number of amides is 1. The molecule has 2 heterocycles. The quantitative estimate of drug-likeness (QED) is 0.547. The fourth-order valence-corrected chi connectivity index (χ4v) is 4.10. The van der Waals surface area contributed by atoms with E-state index in [9.17, 15) is 9.59 Å². The maximum absolute atomic E-state index is 13.3. The maximum Gasteiger partial charge on any atom is 0.291 e. The maximum atomic E-state index is 13.3. The van der Waals surface area contributed by atoms with Crippen LogP contribution < -0.4 is 10.9 Å². The van der Waals surface area contributed by atoms with Gasteiger partial charge >= 0.3 is 0 Å². The van der Waals surface area contributed by atoms with Crippen molar-refractivity contribution in [1.29, 1.82) is 0 Å². The fraction of sp³-hybridized carbons (Fsp3) is 0.292. The zero-order valence-electron chi connectivity index (χ0n) is 18.0. The molecule has 0 fully saturated rings. The number of benzene rings is 2. The van der Waals surface area contributed by atoms with Crippen LogP contribution in [0.15, 0.2) is 47.3 Å². The van der Waals surface area contributed by atoms with Crippen LogP contribution in [0.3, 0.4) is 0 Å². The van der Waals surface area contributed by atoms with Crippen LogP contribution in [0.4, 0.5) is 5.69 Å². The van der Waals surface area contributed by atoms with Gasteiger partial charge in [0.2, 0.25) is 5.91 Å². The molecule has 154 valence electrons. The van der Waals surface area contributed by atoms with Gasteiger partial charge in [0.05, 0.1) is 5.52 Å². The van der Waals surface area contributed by atoms with E-state index in [-0.39, 0.29) is 11.5 Å². The third kappa shape index (κ3) is 3.18. The number of fused-ring (bicyclic) bond motifs is 3. The van der Waals surface area contributed by atoms with Crippen LogP contribution in [0.5, 0.6) is 0 Å². The van der Waals surface area contributed by atoms with Crippen molar-refractivity contribution < 1.29 is 4.79 Å². The molecule has 0 aliphatic heterocycles. The summed E-state index contributed by atoms with van der Waals surface area (Å²) in [7, 11) is 0. The van der Waals surface area contributed by atoms with Gasteiger partial charge < -0.3 is 5.32 Å². The minimum absolute atomic E-state index is 0.236. The highest BCUT2D eigenvalue weighted by atomic mass is 16.2. The van der Waals surface area contributed by atoms with E-state index in [1.807, 2.05) is 75.4 Å². The normalized spacial score (nSPS) is 12.4. The third-order valence-electron chi connectivity index (χ3n) is 5.67. The first-order chi connectivity index (χ1) is 14.3. The Morgan fingerprint density at radius 1 is 1.03 bits per heavy atom. The van der Waals surface area contributed by atoms with Crippen molar-refractivity contribution in [2.24, 2.45) is 0 Å². The van der Waals surface area contributed by atoms with Gasteiger partial charge in [0.1, 0.15) is 17.4 Å². The summed E-state index contributed by atoms with van der Waals surface area (Å²) < 4.78 is 3.20. The summed E-state index contributed by atoms with van der Waals surface area (Å²) >= 11 is 0. The Kier molecular flexibility index (Phi) is 4.94. The van der Waals surface area contributed by atoms with Crippen LogP contribution in [0.1, 0.15) is 41.9 Å². The lowest BCUT2D eigenvalue weighted by atomic mass is 10.1. The van der Waals surface area contributed by atoms with E-state index < -0.39 is 6.04 Å². The molecule has 6 heteroatoms. The van der Waals surface area contributed by atoms with Gasteiger partial charge in [0.25, 0.3) is 5.56 Å². The highest BCUT2D eigenvalue weighted by Gasteiger charge is 2.24. The second-order valence-corrected chi connectivity index (χ2v) is 7.90. The molecule has 1 atom stereocenters. The number of carbonyl (C=O) groups excluding carboxylic acids is 1. The number of carbonyl (C=O) groups is 1. The summed E-state index contributed by atoms with van der Waals surface area (Å²) in [5.74, 6) is 0.432. The van der Waals surface area contributed by atoms with Gasteiger partial charge in [-0.25, -0.2) is 4.68 Å². The summed E-state index contributed by atoms with van der Waals surface area (Å²) in [4.78, 5) is 26.5. The van der Waals surface area contributed by atoms with Crippen molar-refractivity contribution in [1.82, 2.24) is 14.2 Å². The van der Waals surface area contributed by atoms with Gasteiger partial charge in [-0.1, -0.05) is 36.8 Å². The van der Waals surface area contributed by atoms with Gasteiger partial charge in [0.15, 0.2) is 0 Å². The molecule has 4 aromatic rings. The van der Waals surface area contributed by atoms with Crippen LogP contribution in [-0.4, -0.2) is 20.1 Å². The number of hydrogen-bond donors (Lipinski definition) is 1. The number of aromatic nitrogens is 3. The largest absolute Gasteiger partial charge is 0.324 e. The van der Waals surface area contributed by atoms with E-state index in [2.05, 4.69) is 16.5 Å². The van der Waals surface area contributed by atoms with Gasteiger partial charge in [-0.2, -0.15) is 5.10 Å². The van der Waals surface area contributed by atoms with Crippen LogP contribution in [0.25, 0.3) is 16.4 Å². The average Bonchev–Trinajstić information content (AvgIpc) is 3.08. The molecule has 2 aromatic carbocycles. The number of aryl methyl sites for hydroxylation is 4. The monoisotopic (exact) mass is 402 g/mol. The first-order valence-electron chi connectivity index (χ1n) is 10.2. The Morgan fingerprint density at radius 3 is 2.40 bits per heavy atom. The van der Waals surface area contributed by atoms with E-state index >= 15 is 0 Å². The molecule has 0 radical (unpaired) electrons. The highest BCUT2D eigenvalue weighted by molar-refractivity contribution is 5.95. The molecule has 0 aliphatic carbocycles. The Hall–Kier alpha value is -3.41. The Bertz CT molecular complexity index is 1330. The molecule has 0 spiro atoms. The average molecular weight is 402 g/mol. The molecule has 1 N–H and O–H groups in total. The van der Waals surface area contributed by atoms with Crippen LogP contribution in [-0.2, 0) is 4.79 Å². The number of para-hydroxylation sites is 1. The predicted molar refractivity (Wildman–Crippen MR) is 120 cm³/mol. The molecular formula is C24H26N4O2. The minimum atomic E-state index is -0.694. The van der Waals surface area contributed by atoms with Crippen molar-refractivity contribution in [3.63, 3.8) is 0 Å². The second-order valence-electron chi connectivity index (χ2n) is 7.90. The first-order valence-corrected chi connectivity index (χ1v) is 10.2. The van der Waals surface area contributed by atoms with Gasteiger partial charge in [-0.15, -0.1) is 0 Å². The SMILES string of the molecule is CCC(C(=O)Nc1c(C)cccc1C)n1nc(C)n2c(cc3cc(C)ccc32)c1=O. The molecule has 0 saturated heterocycles. The molecule has 1 amide bonds. The number of anilines is 1. The molecule has 6 nitrogen and oxygen atoms in total. The lowest BCUT2D eigenvalue weighted by Gasteiger charge is -2.19. The summed E-state index contributed by atoms with van der Waals surface area (Å²) in [5.41, 5.74) is 5.09. The molecule has 4 rings (SSSR count). The lowest BCUT2D eigenvalue weighted by molar-refractivity contribution is -0.119. The van der Waals surface area contributed by atoms with Crippen molar-refractivity contribution in [2.75, 3.05) is 5.32 Å². The summed E-state index contributed by atoms with van der Waals surface area (Å²) in [6.45, 7) is 9.69. The van der Waals surface area contributed by atoms with E-state index in [1.165, 1.54) is 4.68 Å². The van der Waals surface area contributed by atoms with Gasteiger partial charge in [-0.3, -0.25) is 14.0 Å². The second kappa shape index (κ2) is 7.44. The number of nitrogens with one attached hydrogen (secondary N) is 1. The third-order valence-corrected chi connectivity index (χ3v) is 5.67. The first kappa shape index (κ1) is 19.9. The van der Waals surface area contributed by atoms with E-state index in [4.69, 9.17) is 0 Å². The Morgan fingerprint density at radius 2 is 1.73 bits per heavy atom. The molecule has 2 aromatic heterocycles. The van der Waals surface area contributed by atoms with Crippen molar-refractivity contribution in [3.8, 4) is 0 Å². The topological polar surface area (TPSA) is 68.4 Å². The summed E-state index contributed by atoms with van der Waals surface area (Å²) in [6, 6.07) is 13.1. The van der Waals surface area contributed by atoms with Crippen LogP contribution in [0.2, 0.25) is 0 Å². The predicted octanol–water partition coefficient (Wildman–Crippen LogP) is 4.47.